The van der Waals surface area contributed by atoms with E-state index in [2.05, 4.69) is 18.2 Å². The number of benzene rings is 1. The van der Waals surface area contributed by atoms with Crippen LogP contribution in [0.3, 0.4) is 0 Å². The number of ether oxygens (including phenoxy) is 1. The molecule has 0 spiro atoms. The van der Waals surface area contributed by atoms with Gasteiger partial charge in [-0.3, -0.25) is 9.69 Å². The first kappa shape index (κ1) is 17.1. The molecular formula is C17H19NO4S2. The molecule has 5 nitrogen and oxygen atoms in total. The molecule has 0 aliphatic carbocycles. The molecule has 2 heterocycles. The highest BCUT2D eigenvalue weighted by molar-refractivity contribution is 7.91. The first-order valence-corrected chi connectivity index (χ1v) is 10.3. The number of methoxy groups -OCH3 is 1. The summed E-state index contributed by atoms with van der Waals surface area (Å²) in [6.07, 6.45) is 0. The fourth-order valence-corrected chi connectivity index (χ4v) is 5.35. The van der Waals surface area contributed by atoms with Crippen molar-refractivity contribution in [2.45, 2.75) is 12.6 Å². The van der Waals surface area contributed by atoms with Gasteiger partial charge in [-0.2, -0.15) is 0 Å². The molecule has 1 saturated heterocycles. The molecule has 1 fully saturated rings. The second-order valence-corrected chi connectivity index (χ2v) is 9.15. The zero-order valence-electron chi connectivity index (χ0n) is 13.3. The van der Waals surface area contributed by atoms with Crippen molar-refractivity contribution in [1.29, 1.82) is 0 Å². The van der Waals surface area contributed by atoms with Gasteiger partial charge in [-0.05, 0) is 17.7 Å². The molecule has 1 aromatic carbocycles. The standard InChI is InChI=1S/C17H19NO4S2/c1-22-17(19)15-12-24(20,21)10-9-18(15)11-14-7-8-16(23-14)13-5-3-2-4-6-13/h2-8,15H,9-12H2,1H3/t15-/m1/s1. The maximum atomic E-state index is 12.0. The van der Waals surface area contributed by atoms with Gasteiger partial charge < -0.3 is 4.74 Å². The minimum absolute atomic E-state index is 0.0808. The molecule has 0 amide bonds. The highest BCUT2D eigenvalue weighted by atomic mass is 32.2. The third-order valence-electron chi connectivity index (χ3n) is 4.09. The van der Waals surface area contributed by atoms with Crippen LogP contribution in [0.15, 0.2) is 42.5 Å². The molecular weight excluding hydrogens is 346 g/mol. The Balaban J connectivity index is 1.77. The fourth-order valence-electron chi connectivity index (χ4n) is 2.80. The Labute approximate surface area is 145 Å². The van der Waals surface area contributed by atoms with Gasteiger partial charge >= 0.3 is 5.97 Å². The number of hydrogen-bond donors (Lipinski definition) is 0. The van der Waals surface area contributed by atoms with E-state index in [0.29, 0.717) is 13.1 Å². The Morgan fingerprint density at radius 1 is 1.25 bits per heavy atom. The minimum Gasteiger partial charge on any atom is -0.468 e. The van der Waals surface area contributed by atoms with Crippen molar-refractivity contribution in [3.63, 3.8) is 0 Å². The Hall–Kier alpha value is -1.70. The highest BCUT2D eigenvalue weighted by Gasteiger charge is 2.36. The molecule has 0 saturated carbocycles. The molecule has 128 valence electrons. The van der Waals surface area contributed by atoms with E-state index in [0.717, 1.165) is 15.3 Å². The van der Waals surface area contributed by atoms with E-state index in [1.54, 1.807) is 11.3 Å². The fraction of sp³-hybridized carbons (Fsp3) is 0.353. The van der Waals surface area contributed by atoms with E-state index < -0.39 is 21.8 Å². The average Bonchev–Trinajstić information content (AvgIpc) is 3.05. The first-order chi connectivity index (χ1) is 11.5. The van der Waals surface area contributed by atoms with Crippen molar-refractivity contribution in [3.05, 3.63) is 47.3 Å². The van der Waals surface area contributed by atoms with Crippen LogP contribution >= 0.6 is 11.3 Å². The van der Waals surface area contributed by atoms with Gasteiger partial charge in [0.05, 0.1) is 18.6 Å². The van der Waals surface area contributed by atoms with Crippen LogP contribution in [0.2, 0.25) is 0 Å². The SMILES string of the molecule is COC(=O)[C@H]1CS(=O)(=O)CCN1Cc1ccc(-c2ccccc2)s1. The molecule has 24 heavy (non-hydrogen) atoms. The third-order valence-corrected chi connectivity index (χ3v) is 6.84. The Morgan fingerprint density at radius 2 is 2.00 bits per heavy atom. The predicted molar refractivity (Wildman–Crippen MR) is 94.6 cm³/mol. The number of hydrogen-bond acceptors (Lipinski definition) is 6. The molecule has 3 rings (SSSR count). The topological polar surface area (TPSA) is 63.7 Å². The molecule has 1 aromatic heterocycles. The van der Waals surface area contributed by atoms with Crippen molar-refractivity contribution < 1.29 is 17.9 Å². The van der Waals surface area contributed by atoms with Crippen LogP contribution < -0.4 is 0 Å². The summed E-state index contributed by atoms with van der Waals surface area (Å²) in [5.41, 5.74) is 1.15. The number of rotatable bonds is 4. The van der Waals surface area contributed by atoms with Crippen molar-refractivity contribution in [2.24, 2.45) is 0 Å². The van der Waals surface area contributed by atoms with Gasteiger partial charge in [0.1, 0.15) is 6.04 Å². The zero-order chi connectivity index (χ0) is 17.2. The van der Waals surface area contributed by atoms with Crippen LogP contribution in [0.5, 0.6) is 0 Å². The van der Waals surface area contributed by atoms with Gasteiger partial charge in [0, 0.05) is 22.8 Å². The Kier molecular flexibility index (Phi) is 5.03. The minimum atomic E-state index is -3.19. The van der Waals surface area contributed by atoms with Gasteiger partial charge in [0.15, 0.2) is 9.84 Å². The Bertz CT molecular complexity index is 814. The molecule has 7 heteroatoms. The molecule has 0 radical (unpaired) electrons. The second kappa shape index (κ2) is 7.04. The van der Waals surface area contributed by atoms with E-state index in [-0.39, 0.29) is 11.5 Å². The number of esters is 1. The predicted octanol–water partition coefficient (Wildman–Crippen LogP) is 2.19. The van der Waals surface area contributed by atoms with Crippen molar-refractivity contribution in [1.82, 2.24) is 4.90 Å². The summed E-state index contributed by atoms with van der Waals surface area (Å²) in [6, 6.07) is 13.5. The van der Waals surface area contributed by atoms with E-state index in [1.807, 2.05) is 29.2 Å². The maximum Gasteiger partial charge on any atom is 0.324 e. The van der Waals surface area contributed by atoms with Crippen LogP contribution in [0, 0.1) is 0 Å². The summed E-state index contributed by atoms with van der Waals surface area (Å²) in [7, 11) is -1.90. The summed E-state index contributed by atoms with van der Waals surface area (Å²) < 4.78 is 28.5. The Morgan fingerprint density at radius 3 is 2.71 bits per heavy atom. The lowest BCUT2D eigenvalue weighted by molar-refractivity contribution is -0.146. The smallest absolute Gasteiger partial charge is 0.324 e. The third kappa shape index (κ3) is 3.85. The average molecular weight is 365 g/mol. The van der Waals surface area contributed by atoms with Crippen LogP contribution in [-0.2, 0) is 25.9 Å². The van der Waals surface area contributed by atoms with E-state index in [1.165, 1.54) is 7.11 Å². The normalized spacial score (nSPS) is 20.6. The molecule has 2 aromatic rings. The number of thiophene rings is 1. The van der Waals surface area contributed by atoms with E-state index >= 15 is 0 Å². The largest absolute Gasteiger partial charge is 0.468 e. The lowest BCUT2D eigenvalue weighted by atomic mass is 10.2. The van der Waals surface area contributed by atoms with E-state index in [9.17, 15) is 13.2 Å². The number of carbonyl (C=O) groups excluding carboxylic acids is 1. The molecule has 0 N–H and O–H groups in total. The lowest BCUT2D eigenvalue weighted by Gasteiger charge is -2.33. The molecule has 1 atom stereocenters. The number of nitrogens with zero attached hydrogens (tertiary/aromatic N) is 1. The number of carbonyl (C=O) groups is 1. The van der Waals surface area contributed by atoms with Gasteiger partial charge in [0.2, 0.25) is 0 Å². The van der Waals surface area contributed by atoms with Crippen molar-refractivity contribution >= 4 is 27.1 Å². The summed E-state index contributed by atoms with van der Waals surface area (Å²) >= 11 is 1.66. The summed E-state index contributed by atoms with van der Waals surface area (Å²) in [5, 5.41) is 0. The monoisotopic (exact) mass is 365 g/mol. The van der Waals surface area contributed by atoms with Crippen molar-refractivity contribution in [2.75, 3.05) is 25.2 Å². The highest BCUT2D eigenvalue weighted by Crippen LogP contribution is 2.29. The maximum absolute atomic E-state index is 12.0. The molecule has 1 aliphatic heterocycles. The lowest BCUT2D eigenvalue weighted by Crippen LogP contribution is -2.52. The summed E-state index contributed by atoms with van der Waals surface area (Å²) in [4.78, 5) is 16.1. The van der Waals surface area contributed by atoms with Crippen LogP contribution in [0.1, 0.15) is 4.88 Å². The summed E-state index contributed by atoms with van der Waals surface area (Å²) in [5.74, 6) is -0.577. The first-order valence-electron chi connectivity index (χ1n) is 7.65. The van der Waals surface area contributed by atoms with E-state index in [4.69, 9.17) is 4.74 Å². The van der Waals surface area contributed by atoms with Gasteiger partial charge in [-0.1, -0.05) is 30.3 Å². The molecule has 0 unspecified atom stereocenters. The molecule has 0 bridgehead atoms. The number of sulfone groups is 1. The van der Waals surface area contributed by atoms with Crippen molar-refractivity contribution in [3.8, 4) is 10.4 Å². The second-order valence-electron chi connectivity index (χ2n) is 5.76. The summed E-state index contributed by atoms with van der Waals surface area (Å²) in [6.45, 7) is 0.896. The van der Waals surface area contributed by atoms with Gasteiger partial charge in [-0.25, -0.2) is 8.42 Å². The van der Waals surface area contributed by atoms with Gasteiger partial charge in [-0.15, -0.1) is 11.3 Å². The van der Waals surface area contributed by atoms with Crippen LogP contribution in [0.4, 0.5) is 0 Å². The quantitative estimate of drug-likeness (QED) is 0.777. The van der Waals surface area contributed by atoms with Crippen LogP contribution in [-0.4, -0.2) is 50.5 Å². The van der Waals surface area contributed by atoms with Gasteiger partial charge in [0.25, 0.3) is 0 Å². The van der Waals surface area contributed by atoms with Crippen LogP contribution in [0.25, 0.3) is 10.4 Å². The molecule has 1 aliphatic rings. The zero-order valence-corrected chi connectivity index (χ0v) is 15.0.